The second-order valence-corrected chi connectivity index (χ2v) is 14.6. The average molecular weight is 770 g/mol. The third kappa shape index (κ3) is 34.6. The van der Waals surface area contributed by atoms with Crippen LogP contribution in [0.2, 0.25) is 0 Å². The first-order valence-electron chi connectivity index (χ1n) is 19.6. The normalized spacial score (nSPS) is 14.3. The van der Waals surface area contributed by atoms with Gasteiger partial charge in [-0.25, -0.2) is 4.57 Å². The van der Waals surface area contributed by atoms with Crippen LogP contribution in [0.15, 0.2) is 48.6 Å². The number of nitrogens with two attached hydrogens (primary N) is 1. The van der Waals surface area contributed by atoms with Crippen molar-refractivity contribution in [2.45, 2.75) is 161 Å². The van der Waals surface area contributed by atoms with Gasteiger partial charge in [-0.05, 0) is 44.6 Å². The number of ether oxygens (including phenoxy) is 2. The lowest BCUT2D eigenvalue weighted by molar-refractivity contribution is -0.161. The first kappa shape index (κ1) is 50.1. The van der Waals surface area contributed by atoms with E-state index >= 15 is 0 Å². The summed E-state index contributed by atoms with van der Waals surface area (Å²) >= 11 is 0. The molecule has 0 aliphatic rings. The average Bonchev–Trinajstić information content (AvgIpc) is 3.12. The molecule has 13 heteroatoms. The van der Waals surface area contributed by atoms with E-state index in [1.165, 1.54) is 70.3 Å². The minimum atomic E-state index is -4.78. The van der Waals surface area contributed by atoms with Gasteiger partial charge in [0, 0.05) is 19.3 Å². The number of rotatable bonds is 36. The molecule has 0 aliphatic carbocycles. The van der Waals surface area contributed by atoms with Gasteiger partial charge in [0.25, 0.3) is 0 Å². The Morgan fingerprint density at radius 1 is 0.642 bits per heavy atom. The summed E-state index contributed by atoms with van der Waals surface area (Å²) in [6.45, 7) is 2.49. The Kier molecular flexibility index (Phi) is 33.0. The van der Waals surface area contributed by atoms with Crippen LogP contribution in [0, 0.1) is 0 Å². The van der Waals surface area contributed by atoms with Crippen molar-refractivity contribution in [3.63, 3.8) is 0 Å². The molecule has 12 nitrogen and oxygen atoms in total. The maximum Gasteiger partial charge on any atom is 0.472 e. The summed E-state index contributed by atoms with van der Waals surface area (Å²) in [5.41, 5.74) is 5.30. The molecule has 0 rings (SSSR count). The molecule has 304 valence electrons. The highest BCUT2D eigenvalue weighted by molar-refractivity contribution is 7.47. The summed E-state index contributed by atoms with van der Waals surface area (Å²) in [6, 6.07) is -1.56. The van der Waals surface area contributed by atoms with Gasteiger partial charge in [-0.2, -0.15) is 0 Å². The number of hydrogen-bond acceptors (Lipinski definition) is 10. The summed E-state index contributed by atoms with van der Waals surface area (Å²) in [5, 5.41) is 8.85. The summed E-state index contributed by atoms with van der Waals surface area (Å²) < 4.78 is 32.3. The number of ketones is 1. The van der Waals surface area contributed by atoms with E-state index < -0.39 is 57.7 Å². The molecule has 0 aromatic rings. The minimum Gasteiger partial charge on any atom is -0.480 e. The van der Waals surface area contributed by atoms with Crippen LogP contribution in [-0.4, -0.2) is 65.7 Å². The van der Waals surface area contributed by atoms with Crippen molar-refractivity contribution in [2.24, 2.45) is 5.73 Å². The monoisotopic (exact) mass is 769 g/mol. The molecule has 0 aromatic carbocycles. The summed E-state index contributed by atoms with van der Waals surface area (Å²) in [5.74, 6) is -2.83. The maximum absolute atomic E-state index is 12.6. The van der Waals surface area contributed by atoms with E-state index in [-0.39, 0.29) is 31.5 Å². The molecule has 0 fully saturated rings. The van der Waals surface area contributed by atoms with Crippen LogP contribution in [0.3, 0.4) is 0 Å². The van der Waals surface area contributed by atoms with Crippen LogP contribution >= 0.6 is 7.82 Å². The number of aliphatic carboxylic acids is 1. The molecule has 0 heterocycles. The van der Waals surface area contributed by atoms with Gasteiger partial charge in [0.15, 0.2) is 11.9 Å². The van der Waals surface area contributed by atoms with E-state index in [4.69, 9.17) is 24.8 Å². The zero-order chi connectivity index (χ0) is 39.4. The van der Waals surface area contributed by atoms with Crippen molar-refractivity contribution in [2.75, 3.05) is 19.8 Å². The molecule has 0 amide bonds. The SMILES string of the molecule is CCCCC/C=C\C/C=C\C/C=C\C=C\C(=O)CCCC(=O)O[C@H](COC(=O)CCCCCCCCCCCCC)COP(=O)(O)OC[C@H](N)C(=O)O. The highest BCUT2D eigenvalue weighted by atomic mass is 31.2. The molecule has 0 radical (unpaired) electrons. The number of carbonyl (C=O) groups is 4. The summed E-state index contributed by atoms with van der Waals surface area (Å²) in [6.07, 6.45) is 33.4. The van der Waals surface area contributed by atoms with Crippen LogP contribution in [0.1, 0.15) is 149 Å². The number of unbranched alkanes of at least 4 members (excludes halogenated alkanes) is 13. The Morgan fingerprint density at radius 2 is 1.19 bits per heavy atom. The minimum absolute atomic E-state index is 0.0998. The first-order chi connectivity index (χ1) is 25.5. The number of phosphoric ester groups is 1. The van der Waals surface area contributed by atoms with Gasteiger partial charge in [0.2, 0.25) is 0 Å². The van der Waals surface area contributed by atoms with Gasteiger partial charge >= 0.3 is 25.7 Å². The van der Waals surface area contributed by atoms with Crippen molar-refractivity contribution in [3.8, 4) is 0 Å². The van der Waals surface area contributed by atoms with Crippen molar-refractivity contribution in [1.29, 1.82) is 0 Å². The number of carbonyl (C=O) groups excluding carboxylic acids is 3. The molecule has 3 atom stereocenters. The van der Waals surface area contributed by atoms with Gasteiger partial charge in [0.05, 0.1) is 13.2 Å². The third-order valence-corrected chi connectivity index (χ3v) is 9.01. The van der Waals surface area contributed by atoms with Gasteiger partial charge in [-0.15, -0.1) is 0 Å². The van der Waals surface area contributed by atoms with Gasteiger partial charge in [-0.3, -0.25) is 28.2 Å². The smallest absolute Gasteiger partial charge is 0.472 e. The Morgan fingerprint density at radius 3 is 1.83 bits per heavy atom. The van der Waals surface area contributed by atoms with E-state index in [0.29, 0.717) is 6.42 Å². The number of carboxylic acid groups (broad SMARTS) is 1. The lowest BCUT2D eigenvalue weighted by Gasteiger charge is -2.20. The molecule has 0 aromatic heterocycles. The second-order valence-electron chi connectivity index (χ2n) is 13.1. The van der Waals surface area contributed by atoms with Crippen molar-refractivity contribution in [3.05, 3.63) is 48.6 Å². The van der Waals surface area contributed by atoms with E-state index in [2.05, 4.69) is 42.7 Å². The van der Waals surface area contributed by atoms with Gasteiger partial charge in [0.1, 0.15) is 12.6 Å². The van der Waals surface area contributed by atoms with Crippen LogP contribution in [0.4, 0.5) is 0 Å². The fraction of sp³-hybridized carbons (Fsp3) is 0.700. The lowest BCUT2D eigenvalue weighted by Crippen LogP contribution is -2.34. The predicted molar refractivity (Wildman–Crippen MR) is 208 cm³/mol. The largest absolute Gasteiger partial charge is 0.480 e. The van der Waals surface area contributed by atoms with Crippen molar-refractivity contribution >= 4 is 31.5 Å². The molecular weight excluding hydrogens is 701 g/mol. The standard InChI is InChI=1S/C40H68NO11P/c1-3-5-7-9-11-13-15-16-18-19-21-23-25-28-35(42)29-27-31-39(44)52-36(33-50-53(47,48)51-34-37(41)40(45)46)32-49-38(43)30-26-24-22-20-17-14-12-10-8-6-4-2/h11,13,16,18,21,23,25,28,36-37H,3-10,12,14-15,17,19-20,22,24,26-27,29-34,41H2,1-2H3,(H,45,46)(H,47,48)/b13-11-,18-16-,23-21-,28-25+/t36-,37+/m1/s1. The summed E-state index contributed by atoms with van der Waals surface area (Å²) in [4.78, 5) is 57.9. The number of esters is 2. The fourth-order valence-electron chi connectivity index (χ4n) is 4.90. The van der Waals surface area contributed by atoms with E-state index in [1.54, 1.807) is 12.2 Å². The van der Waals surface area contributed by atoms with Gasteiger partial charge < -0.3 is 25.2 Å². The fourth-order valence-corrected chi connectivity index (χ4v) is 5.68. The summed E-state index contributed by atoms with van der Waals surface area (Å²) in [7, 11) is -4.78. The van der Waals surface area contributed by atoms with Gasteiger partial charge in [-0.1, -0.05) is 133 Å². The molecule has 0 bridgehead atoms. The highest BCUT2D eigenvalue weighted by Crippen LogP contribution is 2.43. The number of allylic oxidation sites excluding steroid dienone is 8. The van der Waals surface area contributed by atoms with Crippen molar-refractivity contribution < 1.29 is 52.3 Å². The van der Waals surface area contributed by atoms with Crippen LogP contribution in [0.25, 0.3) is 0 Å². The highest BCUT2D eigenvalue weighted by Gasteiger charge is 2.28. The van der Waals surface area contributed by atoms with E-state index in [0.717, 1.165) is 38.5 Å². The molecular formula is C40H68NO11P. The Hall–Kier alpha value is -2.89. The molecule has 0 spiro atoms. The van der Waals surface area contributed by atoms with Crippen molar-refractivity contribution in [1.82, 2.24) is 0 Å². The Labute approximate surface area is 318 Å². The topological polar surface area (TPSA) is 189 Å². The second kappa shape index (κ2) is 34.9. The van der Waals surface area contributed by atoms with E-state index in [9.17, 15) is 28.6 Å². The number of phosphoric acid groups is 1. The predicted octanol–water partition coefficient (Wildman–Crippen LogP) is 9.01. The lowest BCUT2D eigenvalue weighted by atomic mass is 10.1. The molecule has 4 N–H and O–H groups in total. The van der Waals surface area contributed by atoms with E-state index in [1.807, 2.05) is 6.08 Å². The quantitative estimate of drug-likeness (QED) is 0.0137. The zero-order valence-electron chi connectivity index (χ0n) is 32.3. The molecule has 1 unspecified atom stereocenters. The van der Waals surface area contributed by atoms with Crippen LogP contribution in [-0.2, 0) is 42.3 Å². The first-order valence-corrected chi connectivity index (χ1v) is 21.1. The zero-order valence-corrected chi connectivity index (χ0v) is 33.2. The molecule has 0 aliphatic heterocycles. The molecule has 0 saturated heterocycles. The Bertz CT molecular complexity index is 1150. The number of hydrogen-bond donors (Lipinski definition) is 3. The molecule has 0 saturated carbocycles. The van der Waals surface area contributed by atoms with Crippen LogP contribution in [0.5, 0.6) is 0 Å². The number of carboxylic acids is 1. The molecule has 53 heavy (non-hydrogen) atoms. The van der Waals surface area contributed by atoms with Crippen LogP contribution < -0.4 is 5.73 Å². The Balaban J connectivity index is 4.65. The third-order valence-electron chi connectivity index (χ3n) is 8.06. The maximum atomic E-state index is 12.6.